The van der Waals surface area contributed by atoms with Crippen molar-refractivity contribution in [1.29, 1.82) is 0 Å². The Morgan fingerprint density at radius 2 is 1.36 bits per heavy atom. The lowest BCUT2D eigenvalue weighted by Crippen LogP contribution is -2.05. The summed E-state index contributed by atoms with van der Waals surface area (Å²) in [6.07, 6.45) is 3.09. The minimum Gasteiger partial charge on any atom is -0.494 e. The fraction of sp³-hybridized carbons (Fsp3) is 0.217. The van der Waals surface area contributed by atoms with E-state index in [9.17, 15) is 0 Å². The van der Waals surface area contributed by atoms with Crippen LogP contribution in [0.5, 0.6) is 5.75 Å². The van der Waals surface area contributed by atoms with Gasteiger partial charge in [0, 0.05) is 18.3 Å². The predicted octanol–water partition coefficient (Wildman–Crippen LogP) is 5.35. The average Bonchev–Trinajstić information content (AvgIpc) is 2.67. The maximum absolute atomic E-state index is 5.89. The molecule has 0 heterocycles. The molecule has 3 aromatic rings. The second kappa shape index (κ2) is 9.53. The van der Waals surface area contributed by atoms with Crippen LogP contribution in [0, 0.1) is 0 Å². The molecule has 0 radical (unpaired) electrons. The summed E-state index contributed by atoms with van der Waals surface area (Å²) < 4.78 is 5.89. The first-order chi connectivity index (χ1) is 12.4. The molecule has 1 N–H and O–H groups in total. The van der Waals surface area contributed by atoms with Crippen molar-refractivity contribution < 1.29 is 4.74 Å². The van der Waals surface area contributed by atoms with Crippen LogP contribution >= 0.6 is 0 Å². The van der Waals surface area contributed by atoms with Crippen molar-refractivity contribution in [3.8, 4) is 5.75 Å². The van der Waals surface area contributed by atoms with Gasteiger partial charge in [-0.05, 0) is 42.5 Å². The number of nitrogens with one attached hydrogen (secondary N) is 1. The van der Waals surface area contributed by atoms with E-state index in [1.807, 2.05) is 12.1 Å². The van der Waals surface area contributed by atoms with Gasteiger partial charge in [0.15, 0.2) is 0 Å². The second-order valence-corrected chi connectivity index (χ2v) is 6.13. The SMILES string of the molecule is c1ccc(CCCOc2cccc(NCCc3ccccc3)c2)cc1. The van der Waals surface area contributed by atoms with Gasteiger partial charge in [0.05, 0.1) is 6.61 Å². The van der Waals surface area contributed by atoms with Crippen LogP contribution in [0.3, 0.4) is 0 Å². The summed E-state index contributed by atoms with van der Waals surface area (Å²) in [5.74, 6) is 0.928. The third-order valence-electron chi connectivity index (χ3n) is 4.14. The first-order valence-electron chi connectivity index (χ1n) is 8.95. The van der Waals surface area contributed by atoms with Crippen molar-refractivity contribution in [2.75, 3.05) is 18.5 Å². The van der Waals surface area contributed by atoms with E-state index in [2.05, 4.69) is 78.1 Å². The monoisotopic (exact) mass is 331 g/mol. The molecule has 0 unspecified atom stereocenters. The fourth-order valence-corrected chi connectivity index (χ4v) is 2.80. The van der Waals surface area contributed by atoms with Gasteiger partial charge in [-0.1, -0.05) is 66.7 Å². The Morgan fingerprint density at radius 3 is 2.08 bits per heavy atom. The number of aryl methyl sites for hydroxylation is 1. The number of hydrogen-bond donors (Lipinski definition) is 1. The summed E-state index contributed by atoms with van der Waals surface area (Å²) in [6, 6.07) is 29.3. The Balaban J connectivity index is 1.40. The molecule has 0 aliphatic heterocycles. The van der Waals surface area contributed by atoms with Gasteiger partial charge >= 0.3 is 0 Å². The molecule has 0 fully saturated rings. The van der Waals surface area contributed by atoms with E-state index in [0.29, 0.717) is 0 Å². The molecule has 0 saturated carbocycles. The number of rotatable bonds is 9. The normalized spacial score (nSPS) is 10.4. The lowest BCUT2D eigenvalue weighted by molar-refractivity contribution is 0.311. The third kappa shape index (κ3) is 6.00. The molecule has 0 atom stereocenters. The van der Waals surface area contributed by atoms with Crippen LogP contribution < -0.4 is 10.1 Å². The summed E-state index contributed by atoms with van der Waals surface area (Å²) in [7, 11) is 0. The Kier molecular flexibility index (Phi) is 6.52. The number of hydrogen-bond acceptors (Lipinski definition) is 2. The molecular weight excluding hydrogens is 306 g/mol. The van der Waals surface area contributed by atoms with Crippen LogP contribution in [0.25, 0.3) is 0 Å². The highest BCUT2D eigenvalue weighted by atomic mass is 16.5. The summed E-state index contributed by atoms with van der Waals surface area (Å²) in [5, 5.41) is 3.47. The minimum atomic E-state index is 0.738. The molecule has 128 valence electrons. The van der Waals surface area contributed by atoms with Crippen LogP contribution in [-0.2, 0) is 12.8 Å². The van der Waals surface area contributed by atoms with Crippen molar-refractivity contribution >= 4 is 5.69 Å². The van der Waals surface area contributed by atoms with E-state index < -0.39 is 0 Å². The zero-order valence-corrected chi connectivity index (χ0v) is 14.5. The fourth-order valence-electron chi connectivity index (χ4n) is 2.80. The second-order valence-electron chi connectivity index (χ2n) is 6.13. The largest absolute Gasteiger partial charge is 0.494 e. The zero-order chi connectivity index (χ0) is 17.2. The van der Waals surface area contributed by atoms with E-state index in [1.165, 1.54) is 11.1 Å². The molecule has 0 aromatic heterocycles. The minimum absolute atomic E-state index is 0.738. The number of ether oxygens (including phenoxy) is 1. The Hall–Kier alpha value is -2.74. The molecule has 0 aliphatic carbocycles. The van der Waals surface area contributed by atoms with Crippen molar-refractivity contribution in [2.24, 2.45) is 0 Å². The van der Waals surface area contributed by atoms with Gasteiger partial charge < -0.3 is 10.1 Å². The maximum atomic E-state index is 5.89. The molecule has 2 nitrogen and oxygen atoms in total. The molecule has 3 aromatic carbocycles. The quantitative estimate of drug-likeness (QED) is 0.533. The molecular formula is C23H25NO. The summed E-state index contributed by atoms with van der Waals surface area (Å²) >= 11 is 0. The first-order valence-corrected chi connectivity index (χ1v) is 8.95. The van der Waals surface area contributed by atoms with Gasteiger partial charge in [-0.15, -0.1) is 0 Å². The maximum Gasteiger partial charge on any atom is 0.121 e. The molecule has 25 heavy (non-hydrogen) atoms. The van der Waals surface area contributed by atoms with Crippen LogP contribution in [0.1, 0.15) is 17.5 Å². The van der Waals surface area contributed by atoms with Crippen molar-refractivity contribution in [3.05, 3.63) is 96.1 Å². The topological polar surface area (TPSA) is 21.3 Å². The van der Waals surface area contributed by atoms with Crippen molar-refractivity contribution in [1.82, 2.24) is 0 Å². The van der Waals surface area contributed by atoms with Crippen molar-refractivity contribution in [3.63, 3.8) is 0 Å². The van der Waals surface area contributed by atoms with E-state index in [0.717, 1.165) is 43.9 Å². The average molecular weight is 331 g/mol. The lowest BCUT2D eigenvalue weighted by Gasteiger charge is -2.10. The van der Waals surface area contributed by atoms with Gasteiger partial charge in [0.2, 0.25) is 0 Å². The number of anilines is 1. The Morgan fingerprint density at radius 1 is 0.680 bits per heavy atom. The van der Waals surface area contributed by atoms with Gasteiger partial charge in [0.1, 0.15) is 5.75 Å². The van der Waals surface area contributed by atoms with Crippen LogP contribution in [0.4, 0.5) is 5.69 Å². The predicted molar refractivity (Wildman–Crippen MR) is 105 cm³/mol. The van der Waals surface area contributed by atoms with Crippen LogP contribution in [-0.4, -0.2) is 13.2 Å². The van der Waals surface area contributed by atoms with E-state index in [4.69, 9.17) is 4.74 Å². The molecule has 0 spiro atoms. The highest BCUT2D eigenvalue weighted by molar-refractivity contribution is 5.48. The van der Waals surface area contributed by atoms with Gasteiger partial charge in [-0.25, -0.2) is 0 Å². The summed E-state index contributed by atoms with van der Waals surface area (Å²) in [5.41, 5.74) is 3.82. The summed E-state index contributed by atoms with van der Waals surface area (Å²) in [6.45, 7) is 1.66. The lowest BCUT2D eigenvalue weighted by atomic mass is 10.1. The molecule has 2 heteroatoms. The molecule has 0 aliphatic rings. The molecule has 0 amide bonds. The van der Waals surface area contributed by atoms with Gasteiger partial charge in [0.25, 0.3) is 0 Å². The number of benzene rings is 3. The molecule has 0 saturated heterocycles. The summed E-state index contributed by atoms with van der Waals surface area (Å²) in [4.78, 5) is 0. The van der Waals surface area contributed by atoms with E-state index >= 15 is 0 Å². The van der Waals surface area contributed by atoms with E-state index in [1.54, 1.807) is 0 Å². The van der Waals surface area contributed by atoms with Crippen molar-refractivity contribution in [2.45, 2.75) is 19.3 Å². The standard InChI is InChI=1S/C23H25NO/c1-3-9-20(10-4-1)13-8-18-25-23-15-7-14-22(19-23)24-17-16-21-11-5-2-6-12-21/h1-7,9-12,14-15,19,24H,8,13,16-18H2. The highest BCUT2D eigenvalue weighted by Gasteiger charge is 1.98. The van der Waals surface area contributed by atoms with Gasteiger partial charge in [-0.2, -0.15) is 0 Å². The van der Waals surface area contributed by atoms with Gasteiger partial charge in [-0.3, -0.25) is 0 Å². The third-order valence-corrected chi connectivity index (χ3v) is 4.14. The highest BCUT2D eigenvalue weighted by Crippen LogP contribution is 2.18. The smallest absolute Gasteiger partial charge is 0.121 e. The van der Waals surface area contributed by atoms with E-state index in [-0.39, 0.29) is 0 Å². The van der Waals surface area contributed by atoms with Crippen LogP contribution in [0.15, 0.2) is 84.9 Å². The molecule has 0 bridgehead atoms. The molecule has 3 rings (SSSR count). The zero-order valence-electron chi connectivity index (χ0n) is 14.5. The Labute approximate surface area is 150 Å². The Bertz CT molecular complexity index is 740. The van der Waals surface area contributed by atoms with Crippen LogP contribution in [0.2, 0.25) is 0 Å². The first kappa shape index (κ1) is 17.1.